The summed E-state index contributed by atoms with van der Waals surface area (Å²) in [5.41, 5.74) is 6.39. The Morgan fingerprint density at radius 2 is 1.97 bits per heavy atom. The fraction of sp³-hybridized carbons (Fsp3) is 0.588. The number of hydrogen-bond acceptors (Lipinski definition) is 11. The highest BCUT2D eigenvalue weighted by atomic mass is 31.2. The molecular weight excluding hydrogens is 417 g/mol. The lowest BCUT2D eigenvalue weighted by atomic mass is 10.2. The molecule has 1 fully saturated rings. The van der Waals surface area contributed by atoms with Crippen LogP contribution in [0.4, 0.5) is 5.82 Å². The number of ether oxygens (including phenoxy) is 2. The van der Waals surface area contributed by atoms with Gasteiger partial charge in [0.1, 0.15) is 35.6 Å². The van der Waals surface area contributed by atoms with Gasteiger partial charge in [-0.25, -0.2) is 9.97 Å². The third-order valence-corrected chi connectivity index (χ3v) is 6.22. The summed E-state index contributed by atoms with van der Waals surface area (Å²) in [5, 5.41) is 30.7. The number of nitrogen functional groups attached to an aromatic ring is 1. The number of nitrogens with two attached hydrogens (primary N) is 1. The molecule has 0 aliphatic carbocycles. The van der Waals surface area contributed by atoms with Crippen LogP contribution in [0.1, 0.15) is 31.5 Å². The van der Waals surface area contributed by atoms with E-state index >= 15 is 0 Å². The van der Waals surface area contributed by atoms with E-state index < -0.39 is 38.7 Å². The molecule has 0 bridgehead atoms. The van der Waals surface area contributed by atoms with Crippen LogP contribution in [-0.2, 0) is 23.1 Å². The maximum Gasteiger partial charge on any atom is 0.356 e. The monoisotopic (exact) mass is 441 g/mol. The van der Waals surface area contributed by atoms with Crippen molar-refractivity contribution in [2.24, 2.45) is 0 Å². The van der Waals surface area contributed by atoms with Crippen molar-refractivity contribution < 1.29 is 33.3 Å². The van der Waals surface area contributed by atoms with Gasteiger partial charge < -0.3 is 39.0 Å². The number of nitriles is 1. The highest BCUT2D eigenvalue weighted by molar-refractivity contribution is 7.53. The smallest absolute Gasteiger partial charge is 0.356 e. The van der Waals surface area contributed by atoms with Crippen molar-refractivity contribution in [2.75, 3.05) is 25.3 Å². The Balaban J connectivity index is 1.87. The summed E-state index contributed by atoms with van der Waals surface area (Å²) in [6.45, 7) is 5.24. The topological polar surface area (TPSA) is 175 Å². The zero-order chi connectivity index (χ0) is 22.1. The third kappa shape index (κ3) is 4.19. The van der Waals surface area contributed by atoms with Crippen molar-refractivity contribution in [3.05, 3.63) is 17.6 Å². The van der Waals surface area contributed by atoms with Gasteiger partial charge in [0.05, 0.1) is 24.2 Å². The van der Waals surface area contributed by atoms with Gasteiger partial charge in [0.25, 0.3) is 0 Å². The van der Waals surface area contributed by atoms with Crippen LogP contribution in [0, 0.1) is 18.3 Å². The van der Waals surface area contributed by atoms with Crippen LogP contribution in [0.3, 0.4) is 0 Å². The standard InChI is InChI=1S/C17H24N5O7P/c1-4-27-30(25,28-5-2)8-26-17-13(24)12(23)16(29-17)22-7-10(6-18)11-14(19)20-9(3)21-15(11)22/h7,12-13,16-17,23-24H,4-5,8H2,1-3H3,(H2,19,20,21)/t12-,13+,16-,17+/m1/s1. The van der Waals surface area contributed by atoms with Crippen LogP contribution in [0.5, 0.6) is 0 Å². The maximum atomic E-state index is 12.6. The average Bonchev–Trinajstić information content (AvgIpc) is 3.19. The normalized spacial score (nSPS) is 24.4. The van der Waals surface area contributed by atoms with E-state index in [4.69, 9.17) is 24.3 Å². The van der Waals surface area contributed by atoms with E-state index in [1.54, 1.807) is 20.8 Å². The highest BCUT2D eigenvalue weighted by Gasteiger charge is 2.46. The van der Waals surface area contributed by atoms with E-state index in [2.05, 4.69) is 9.97 Å². The predicted octanol–water partition coefficient (Wildman–Crippen LogP) is 1.01. The van der Waals surface area contributed by atoms with E-state index in [-0.39, 0.29) is 30.2 Å². The number of nitrogens with zero attached hydrogens (tertiary/aromatic N) is 4. The summed E-state index contributed by atoms with van der Waals surface area (Å²) in [7, 11) is -3.54. The van der Waals surface area contributed by atoms with Gasteiger partial charge in [-0.05, 0) is 20.8 Å². The molecule has 1 saturated heterocycles. The number of fused-ring (bicyclic) bond motifs is 1. The number of aromatic nitrogens is 3. The quantitative estimate of drug-likeness (QED) is 0.498. The lowest BCUT2D eigenvalue weighted by molar-refractivity contribution is -0.168. The predicted molar refractivity (Wildman–Crippen MR) is 104 cm³/mol. The number of rotatable bonds is 8. The molecule has 2 aromatic heterocycles. The summed E-state index contributed by atoms with van der Waals surface area (Å²) in [5.74, 6) is 0.474. The van der Waals surface area contributed by atoms with Gasteiger partial charge in [0.15, 0.2) is 18.9 Å². The molecule has 3 heterocycles. The van der Waals surface area contributed by atoms with Gasteiger partial charge in [-0.1, -0.05) is 0 Å². The van der Waals surface area contributed by atoms with Crippen LogP contribution in [0.25, 0.3) is 11.0 Å². The van der Waals surface area contributed by atoms with E-state index in [1.165, 1.54) is 10.8 Å². The van der Waals surface area contributed by atoms with E-state index in [1.807, 2.05) is 6.07 Å². The molecule has 0 unspecified atom stereocenters. The first-order valence-electron chi connectivity index (χ1n) is 9.30. The minimum absolute atomic E-state index is 0.114. The second kappa shape index (κ2) is 8.95. The van der Waals surface area contributed by atoms with Gasteiger partial charge in [-0.2, -0.15) is 5.26 Å². The fourth-order valence-corrected chi connectivity index (χ4v) is 4.57. The molecule has 3 rings (SSSR count). The summed E-state index contributed by atoms with van der Waals surface area (Å²) < 4.78 is 35.3. The fourth-order valence-electron chi connectivity index (χ4n) is 3.23. The summed E-state index contributed by atoms with van der Waals surface area (Å²) in [4.78, 5) is 8.35. The molecule has 0 amide bonds. The largest absolute Gasteiger partial charge is 0.385 e. The Hall–Kier alpha value is -2.10. The summed E-state index contributed by atoms with van der Waals surface area (Å²) in [6.07, 6.45) is -4.41. The number of aliphatic hydroxyl groups is 2. The second-order valence-electron chi connectivity index (χ2n) is 6.53. The average molecular weight is 441 g/mol. The minimum atomic E-state index is -3.54. The van der Waals surface area contributed by atoms with Crippen LogP contribution in [-0.4, -0.2) is 62.8 Å². The molecule has 164 valence electrons. The minimum Gasteiger partial charge on any atom is -0.385 e. The molecule has 4 N–H and O–H groups in total. The van der Waals surface area contributed by atoms with Gasteiger partial charge in [-0.3, -0.25) is 4.57 Å². The molecule has 1 aliphatic heterocycles. The molecule has 2 aromatic rings. The molecule has 13 heteroatoms. The molecule has 12 nitrogen and oxygen atoms in total. The van der Waals surface area contributed by atoms with Gasteiger partial charge in [-0.15, -0.1) is 0 Å². The van der Waals surface area contributed by atoms with E-state index in [0.29, 0.717) is 11.2 Å². The molecule has 0 saturated carbocycles. The number of aryl methyl sites for hydroxylation is 1. The highest BCUT2D eigenvalue weighted by Crippen LogP contribution is 2.49. The Kier molecular flexibility index (Phi) is 6.74. The number of hydrogen-bond donors (Lipinski definition) is 3. The molecule has 0 radical (unpaired) electrons. The van der Waals surface area contributed by atoms with Gasteiger partial charge >= 0.3 is 7.60 Å². The number of aliphatic hydroxyl groups excluding tert-OH is 2. The van der Waals surface area contributed by atoms with Crippen LogP contribution < -0.4 is 5.73 Å². The first-order valence-corrected chi connectivity index (χ1v) is 11.0. The first kappa shape index (κ1) is 22.6. The summed E-state index contributed by atoms with van der Waals surface area (Å²) in [6, 6.07) is 2.00. The van der Waals surface area contributed by atoms with Crippen molar-refractivity contribution in [3.8, 4) is 6.07 Å². The lowest BCUT2D eigenvalue weighted by Crippen LogP contribution is -2.33. The first-order chi connectivity index (χ1) is 14.2. The Morgan fingerprint density at radius 1 is 1.30 bits per heavy atom. The van der Waals surface area contributed by atoms with Crippen molar-refractivity contribution >= 4 is 24.4 Å². The Morgan fingerprint density at radius 3 is 2.57 bits per heavy atom. The molecule has 4 atom stereocenters. The van der Waals surface area contributed by atoms with E-state index in [0.717, 1.165) is 0 Å². The van der Waals surface area contributed by atoms with Gasteiger partial charge in [0.2, 0.25) is 0 Å². The zero-order valence-corrected chi connectivity index (χ0v) is 17.7. The molecule has 0 spiro atoms. The molecule has 1 aliphatic rings. The van der Waals surface area contributed by atoms with Crippen molar-refractivity contribution in [1.82, 2.24) is 14.5 Å². The SMILES string of the molecule is CCOP(=O)(CO[C@H]1O[C@@H](n2cc(C#N)c3c(N)nc(C)nc32)[C@H](O)[C@@H]1O)OCC. The molecular formula is C17H24N5O7P. The van der Waals surface area contributed by atoms with Crippen LogP contribution in [0.2, 0.25) is 0 Å². The van der Waals surface area contributed by atoms with Crippen molar-refractivity contribution in [1.29, 1.82) is 5.26 Å². The maximum absolute atomic E-state index is 12.6. The summed E-state index contributed by atoms with van der Waals surface area (Å²) >= 11 is 0. The van der Waals surface area contributed by atoms with Crippen molar-refractivity contribution in [3.63, 3.8) is 0 Å². The molecule has 0 aromatic carbocycles. The number of anilines is 1. The van der Waals surface area contributed by atoms with Crippen LogP contribution >= 0.6 is 7.60 Å². The van der Waals surface area contributed by atoms with Gasteiger partial charge in [0, 0.05) is 6.20 Å². The van der Waals surface area contributed by atoms with Crippen molar-refractivity contribution in [2.45, 2.75) is 45.5 Å². The van der Waals surface area contributed by atoms with E-state index in [9.17, 15) is 20.0 Å². The lowest BCUT2D eigenvalue weighted by Gasteiger charge is -2.20. The Labute approximate surface area is 172 Å². The second-order valence-corrected chi connectivity index (χ2v) is 8.53. The molecule has 30 heavy (non-hydrogen) atoms. The zero-order valence-electron chi connectivity index (χ0n) is 16.8. The Bertz CT molecular complexity index is 997. The third-order valence-electron chi connectivity index (χ3n) is 4.45. The van der Waals surface area contributed by atoms with Crippen LogP contribution in [0.15, 0.2) is 6.20 Å².